The highest BCUT2D eigenvalue weighted by Crippen LogP contribution is 2.25. The van der Waals surface area contributed by atoms with Crippen LogP contribution in [0.2, 0.25) is 5.02 Å². The zero-order valence-electron chi connectivity index (χ0n) is 20.8. The fourth-order valence-electron chi connectivity index (χ4n) is 3.84. The molecule has 3 aromatic carbocycles. The van der Waals surface area contributed by atoms with E-state index in [9.17, 15) is 14.0 Å². The smallest absolute Gasteiger partial charge is 0.243 e. The molecule has 8 heteroatoms. The van der Waals surface area contributed by atoms with Gasteiger partial charge in [-0.25, -0.2) is 4.39 Å². The molecule has 4 nitrogen and oxygen atoms in total. The molecule has 0 spiro atoms. The van der Waals surface area contributed by atoms with E-state index in [0.717, 1.165) is 28.4 Å². The molecule has 2 amide bonds. The first-order valence-electron chi connectivity index (χ1n) is 12.2. The molecule has 0 radical (unpaired) electrons. The normalized spacial score (nSPS) is 11.7. The minimum Gasteiger partial charge on any atom is -0.354 e. The van der Waals surface area contributed by atoms with E-state index < -0.39 is 11.9 Å². The SMILES string of the molecule is CCCCNC(=O)[C@@H](Cc1ccccc1)N(Cc1ccc(Br)cc1)C(=O)CSCc1c(F)cccc1Cl. The molecule has 0 unspecified atom stereocenters. The van der Waals surface area contributed by atoms with Gasteiger partial charge >= 0.3 is 0 Å². The Kier molecular flexibility index (Phi) is 12.0. The summed E-state index contributed by atoms with van der Waals surface area (Å²) in [5.74, 6) is -0.405. The van der Waals surface area contributed by atoms with Crippen molar-refractivity contribution in [3.05, 3.63) is 105 Å². The van der Waals surface area contributed by atoms with Crippen LogP contribution in [0.3, 0.4) is 0 Å². The van der Waals surface area contributed by atoms with E-state index in [1.54, 1.807) is 17.0 Å². The third kappa shape index (κ3) is 9.16. The lowest BCUT2D eigenvalue weighted by Crippen LogP contribution is -2.51. The Morgan fingerprint density at radius 1 is 1.03 bits per heavy atom. The molecule has 196 valence electrons. The Bertz CT molecular complexity index is 1140. The van der Waals surface area contributed by atoms with Gasteiger partial charge in [0.05, 0.1) is 5.75 Å². The average molecular weight is 606 g/mol. The number of rotatable bonds is 13. The number of thioether (sulfide) groups is 1. The monoisotopic (exact) mass is 604 g/mol. The molecule has 0 aliphatic carbocycles. The summed E-state index contributed by atoms with van der Waals surface area (Å²) >= 11 is 10.9. The fraction of sp³-hybridized carbons (Fsp3) is 0.310. The van der Waals surface area contributed by atoms with Gasteiger partial charge in [0, 0.05) is 40.3 Å². The van der Waals surface area contributed by atoms with Crippen LogP contribution in [0.4, 0.5) is 4.39 Å². The van der Waals surface area contributed by atoms with Crippen LogP contribution in [0.25, 0.3) is 0 Å². The van der Waals surface area contributed by atoms with Crippen molar-refractivity contribution in [2.45, 2.75) is 44.5 Å². The third-order valence-electron chi connectivity index (χ3n) is 5.90. The number of halogens is 3. The number of benzene rings is 3. The summed E-state index contributed by atoms with van der Waals surface area (Å²) < 4.78 is 15.2. The Morgan fingerprint density at radius 2 is 1.76 bits per heavy atom. The number of hydrogen-bond acceptors (Lipinski definition) is 3. The van der Waals surface area contributed by atoms with E-state index in [-0.39, 0.29) is 29.9 Å². The lowest BCUT2D eigenvalue weighted by molar-refractivity contribution is -0.139. The molecule has 1 atom stereocenters. The van der Waals surface area contributed by atoms with Crippen molar-refractivity contribution in [3.8, 4) is 0 Å². The zero-order valence-corrected chi connectivity index (χ0v) is 23.9. The van der Waals surface area contributed by atoms with Gasteiger partial charge in [-0.05, 0) is 41.8 Å². The van der Waals surface area contributed by atoms with Crippen LogP contribution >= 0.6 is 39.3 Å². The van der Waals surface area contributed by atoms with Gasteiger partial charge in [0.15, 0.2) is 0 Å². The van der Waals surface area contributed by atoms with Gasteiger partial charge in [0.1, 0.15) is 11.9 Å². The van der Waals surface area contributed by atoms with E-state index in [0.29, 0.717) is 23.6 Å². The van der Waals surface area contributed by atoms with Crippen LogP contribution in [0.1, 0.15) is 36.5 Å². The molecule has 0 aliphatic heterocycles. The molecule has 0 aromatic heterocycles. The maximum Gasteiger partial charge on any atom is 0.243 e. The summed E-state index contributed by atoms with van der Waals surface area (Å²) in [6.45, 7) is 2.91. The van der Waals surface area contributed by atoms with Crippen molar-refractivity contribution >= 4 is 51.1 Å². The largest absolute Gasteiger partial charge is 0.354 e. The molecule has 1 N–H and O–H groups in total. The molecular weight excluding hydrogens is 575 g/mol. The quantitative estimate of drug-likeness (QED) is 0.213. The number of amides is 2. The van der Waals surface area contributed by atoms with Crippen molar-refractivity contribution in [2.24, 2.45) is 0 Å². The summed E-state index contributed by atoms with van der Waals surface area (Å²) in [5.41, 5.74) is 2.26. The van der Waals surface area contributed by atoms with Crippen LogP contribution < -0.4 is 5.32 Å². The van der Waals surface area contributed by atoms with Gasteiger partial charge in [-0.1, -0.05) is 89.4 Å². The van der Waals surface area contributed by atoms with Crippen LogP contribution in [-0.2, 0) is 28.3 Å². The summed E-state index contributed by atoms with van der Waals surface area (Å²) in [6, 6.07) is 21.3. The van der Waals surface area contributed by atoms with E-state index in [2.05, 4.69) is 28.2 Å². The second kappa shape index (κ2) is 15.2. The maximum absolute atomic E-state index is 14.2. The molecule has 37 heavy (non-hydrogen) atoms. The van der Waals surface area contributed by atoms with Crippen LogP contribution in [-0.4, -0.2) is 35.1 Å². The second-order valence-corrected chi connectivity index (χ2v) is 11.0. The lowest BCUT2D eigenvalue weighted by Gasteiger charge is -2.31. The number of nitrogens with one attached hydrogen (secondary N) is 1. The number of hydrogen-bond donors (Lipinski definition) is 1. The molecule has 3 aromatic rings. The first kappa shape index (κ1) is 29.2. The van der Waals surface area contributed by atoms with Gasteiger partial charge in [-0.3, -0.25) is 9.59 Å². The lowest BCUT2D eigenvalue weighted by atomic mass is 10.0. The third-order valence-corrected chi connectivity index (χ3v) is 7.73. The Labute approximate surface area is 236 Å². The number of unbranched alkanes of at least 4 members (excludes halogenated alkanes) is 1. The van der Waals surface area contributed by atoms with Gasteiger partial charge in [0.25, 0.3) is 0 Å². The van der Waals surface area contributed by atoms with Gasteiger partial charge in [0.2, 0.25) is 11.8 Å². The maximum atomic E-state index is 14.2. The van der Waals surface area contributed by atoms with E-state index >= 15 is 0 Å². The first-order valence-corrected chi connectivity index (χ1v) is 14.6. The molecule has 0 fully saturated rings. The summed E-state index contributed by atoms with van der Waals surface area (Å²) in [5, 5.41) is 3.35. The standard InChI is InChI=1S/C29H31BrClFN2O2S/c1-2-3-16-33-29(36)27(17-21-8-5-4-6-9-21)34(18-22-12-14-23(30)15-13-22)28(35)20-37-19-24-25(31)10-7-11-26(24)32/h4-15,27H,2-3,16-20H2,1H3,(H,33,36)/t27-/m1/s1. The number of carbonyl (C=O) groups is 2. The van der Waals surface area contributed by atoms with Crippen LogP contribution in [0.5, 0.6) is 0 Å². The Balaban J connectivity index is 1.84. The highest BCUT2D eigenvalue weighted by atomic mass is 79.9. The molecule has 0 aliphatic rings. The zero-order chi connectivity index (χ0) is 26.6. The van der Waals surface area contributed by atoms with Crippen molar-refractivity contribution in [3.63, 3.8) is 0 Å². The molecular formula is C29H31BrClFN2O2S. The first-order chi connectivity index (χ1) is 17.9. The van der Waals surface area contributed by atoms with Crippen LogP contribution in [0, 0.1) is 5.82 Å². The minimum absolute atomic E-state index is 0.0920. The Morgan fingerprint density at radius 3 is 2.43 bits per heavy atom. The van der Waals surface area contributed by atoms with E-state index in [4.69, 9.17) is 11.6 Å². The van der Waals surface area contributed by atoms with Crippen molar-refractivity contribution in [1.29, 1.82) is 0 Å². The van der Waals surface area contributed by atoms with Crippen LogP contribution in [0.15, 0.2) is 77.3 Å². The van der Waals surface area contributed by atoms with Crippen molar-refractivity contribution in [2.75, 3.05) is 12.3 Å². The van der Waals surface area contributed by atoms with Gasteiger partial charge in [-0.2, -0.15) is 0 Å². The van der Waals surface area contributed by atoms with Gasteiger partial charge < -0.3 is 10.2 Å². The van der Waals surface area contributed by atoms with Gasteiger partial charge in [-0.15, -0.1) is 11.8 Å². The average Bonchev–Trinajstić information content (AvgIpc) is 2.89. The Hall–Kier alpha value is -2.35. The topological polar surface area (TPSA) is 49.4 Å². The molecule has 0 bridgehead atoms. The predicted octanol–water partition coefficient (Wildman–Crippen LogP) is 7.03. The van der Waals surface area contributed by atoms with Crippen molar-refractivity contribution < 1.29 is 14.0 Å². The van der Waals surface area contributed by atoms with E-state index in [1.165, 1.54) is 17.8 Å². The minimum atomic E-state index is -0.687. The molecule has 0 saturated carbocycles. The summed E-state index contributed by atoms with van der Waals surface area (Å²) in [6.07, 6.45) is 2.22. The van der Waals surface area contributed by atoms with E-state index in [1.807, 2.05) is 54.6 Å². The predicted molar refractivity (Wildman–Crippen MR) is 154 cm³/mol. The van der Waals surface area contributed by atoms with Crippen molar-refractivity contribution in [1.82, 2.24) is 10.2 Å². The number of nitrogens with zero attached hydrogens (tertiary/aromatic N) is 1. The fourth-order valence-corrected chi connectivity index (χ4v) is 5.35. The number of carbonyl (C=O) groups excluding carboxylic acids is 2. The summed E-state index contributed by atoms with van der Waals surface area (Å²) in [4.78, 5) is 28.7. The highest BCUT2D eigenvalue weighted by Gasteiger charge is 2.30. The molecule has 0 saturated heterocycles. The second-order valence-electron chi connectivity index (χ2n) is 8.69. The molecule has 0 heterocycles. The summed E-state index contributed by atoms with van der Waals surface area (Å²) in [7, 11) is 0. The highest BCUT2D eigenvalue weighted by molar-refractivity contribution is 9.10. The molecule has 3 rings (SSSR count).